The highest BCUT2D eigenvalue weighted by molar-refractivity contribution is 5.94. The predicted octanol–water partition coefficient (Wildman–Crippen LogP) is 5.84. The monoisotopic (exact) mass is 403 g/mol. The van der Waals surface area contributed by atoms with Gasteiger partial charge in [-0.1, -0.05) is 56.3 Å². The molecular formula is C26H29NO3. The van der Waals surface area contributed by atoms with Crippen LogP contribution in [0.4, 0.5) is 5.69 Å². The molecule has 3 rings (SSSR count). The molecule has 156 valence electrons. The van der Waals surface area contributed by atoms with E-state index in [1.165, 1.54) is 11.1 Å². The third-order valence-corrected chi connectivity index (χ3v) is 4.85. The van der Waals surface area contributed by atoms with E-state index in [9.17, 15) is 4.79 Å². The third-order valence-electron chi connectivity index (χ3n) is 4.85. The molecule has 1 amide bonds. The van der Waals surface area contributed by atoms with Gasteiger partial charge in [0.2, 0.25) is 0 Å². The van der Waals surface area contributed by atoms with Gasteiger partial charge in [-0.15, -0.1) is 0 Å². The van der Waals surface area contributed by atoms with Crippen molar-refractivity contribution in [2.75, 3.05) is 11.9 Å². The van der Waals surface area contributed by atoms with E-state index in [1.54, 1.807) is 6.92 Å². The fraction of sp³-hybridized carbons (Fsp3) is 0.269. The number of benzene rings is 3. The number of amides is 1. The number of ether oxygens (including phenoxy) is 2. The van der Waals surface area contributed by atoms with Crippen molar-refractivity contribution >= 4 is 11.6 Å². The van der Waals surface area contributed by atoms with Crippen molar-refractivity contribution in [1.29, 1.82) is 0 Å². The minimum absolute atomic E-state index is 0.194. The van der Waals surface area contributed by atoms with Gasteiger partial charge < -0.3 is 14.8 Å². The number of hydrogen-bond donors (Lipinski definition) is 1. The van der Waals surface area contributed by atoms with Crippen LogP contribution in [-0.4, -0.2) is 18.6 Å². The van der Waals surface area contributed by atoms with Gasteiger partial charge in [0.05, 0.1) is 6.61 Å². The topological polar surface area (TPSA) is 47.6 Å². The van der Waals surface area contributed by atoms with Crippen LogP contribution in [0.25, 0.3) is 0 Å². The molecule has 0 fully saturated rings. The standard InChI is InChI=1S/C26H29NO3/c1-19(2)22-9-13-25(14-10-22)30-20(3)26(28)27-23-11-15-24(16-12-23)29-18-17-21-7-5-4-6-8-21/h4-16,19-20H,17-18H2,1-3H3,(H,27,28)/t20-/m0/s1. The van der Waals surface area contributed by atoms with E-state index in [0.717, 1.165) is 12.2 Å². The van der Waals surface area contributed by atoms with Crippen molar-refractivity contribution < 1.29 is 14.3 Å². The molecule has 0 bridgehead atoms. The van der Waals surface area contributed by atoms with Crippen molar-refractivity contribution in [3.8, 4) is 11.5 Å². The van der Waals surface area contributed by atoms with Crippen molar-refractivity contribution in [1.82, 2.24) is 0 Å². The maximum atomic E-state index is 12.4. The van der Waals surface area contributed by atoms with Gasteiger partial charge in [-0.05, 0) is 60.4 Å². The SMILES string of the molecule is CC(C)c1ccc(O[C@@H](C)C(=O)Nc2ccc(OCCc3ccccc3)cc2)cc1. The zero-order valence-corrected chi connectivity index (χ0v) is 17.8. The van der Waals surface area contributed by atoms with Crippen molar-refractivity contribution in [2.45, 2.75) is 39.2 Å². The Balaban J connectivity index is 1.46. The van der Waals surface area contributed by atoms with Crippen LogP contribution in [0.15, 0.2) is 78.9 Å². The number of anilines is 1. The summed E-state index contributed by atoms with van der Waals surface area (Å²) in [7, 11) is 0. The fourth-order valence-corrected chi connectivity index (χ4v) is 3.00. The van der Waals surface area contributed by atoms with Crippen molar-refractivity contribution in [2.24, 2.45) is 0 Å². The van der Waals surface area contributed by atoms with Gasteiger partial charge in [0.15, 0.2) is 6.10 Å². The van der Waals surface area contributed by atoms with E-state index in [0.29, 0.717) is 24.0 Å². The third kappa shape index (κ3) is 6.38. The van der Waals surface area contributed by atoms with Gasteiger partial charge in [-0.25, -0.2) is 0 Å². The average Bonchev–Trinajstić information content (AvgIpc) is 2.76. The fourth-order valence-electron chi connectivity index (χ4n) is 3.00. The molecule has 0 unspecified atom stereocenters. The van der Waals surface area contributed by atoms with E-state index in [1.807, 2.05) is 66.7 Å². The lowest BCUT2D eigenvalue weighted by atomic mass is 10.0. The molecule has 0 heterocycles. The van der Waals surface area contributed by atoms with E-state index in [4.69, 9.17) is 9.47 Å². The van der Waals surface area contributed by atoms with Gasteiger partial charge in [0, 0.05) is 12.1 Å². The molecule has 1 atom stereocenters. The van der Waals surface area contributed by atoms with Gasteiger partial charge >= 0.3 is 0 Å². The number of carbonyl (C=O) groups excluding carboxylic acids is 1. The Morgan fingerprint density at radius 1 is 0.833 bits per heavy atom. The lowest BCUT2D eigenvalue weighted by Crippen LogP contribution is -2.30. The first-order valence-corrected chi connectivity index (χ1v) is 10.4. The highest BCUT2D eigenvalue weighted by Crippen LogP contribution is 2.20. The summed E-state index contributed by atoms with van der Waals surface area (Å²) in [4.78, 5) is 12.4. The summed E-state index contributed by atoms with van der Waals surface area (Å²) < 4.78 is 11.6. The number of nitrogens with one attached hydrogen (secondary N) is 1. The second-order valence-corrected chi connectivity index (χ2v) is 7.58. The summed E-state index contributed by atoms with van der Waals surface area (Å²) in [6, 6.07) is 25.5. The lowest BCUT2D eigenvalue weighted by molar-refractivity contribution is -0.122. The lowest BCUT2D eigenvalue weighted by Gasteiger charge is -2.16. The molecule has 30 heavy (non-hydrogen) atoms. The quantitative estimate of drug-likeness (QED) is 0.488. The summed E-state index contributed by atoms with van der Waals surface area (Å²) in [6.07, 6.45) is 0.253. The Morgan fingerprint density at radius 2 is 1.47 bits per heavy atom. The molecule has 0 saturated heterocycles. The normalized spacial score (nSPS) is 11.7. The van der Waals surface area contributed by atoms with E-state index in [2.05, 4.69) is 31.3 Å². The molecule has 0 aliphatic carbocycles. The second-order valence-electron chi connectivity index (χ2n) is 7.58. The van der Waals surface area contributed by atoms with Crippen LogP contribution in [0.3, 0.4) is 0 Å². The van der Waals surface area contributed by atoms with Crippen LogP contribution in [0.1, 0.15) is 37.8 Å². The number of carbonyl (C=O) groups is 1. The highest BCUT2D eigenvalue weighted by Gasteiger charge is 2.15. The summed E-state index contributed by atoms with van der Waals surface area (Å²) in [6.45, 7) is 6.64. The minimum Gasteiger partial charge on any atom is -0.493 e. The van der Waals surface area contributed by atoms with Crippen LogP contribution in [0.5, 0.6) is 11.5 Å². The molecule has 4 heteroatoms. The molecule has 4 nitrogen and oxygen atoms in total. The highest BCUT2D eigenvalue weighted by atomic mass is 16.5. The molecule has 3 aromatic carbocycles. The smallest absolute Gasteiger partial charge is 0.265 e. The molecule has 0 spiro atoms. The zero-order valence-electron chi connectivity index (χ0n) is 17.8. The Kier molecular flexibility index (Phi) is 7.50. The Labute approximate surface area is 178 Å². The van der Waals surface area contributed by atoms with Gasteiger partial charge in [-0.3, -0.25) is 4.79 Å². The molecule has 0 aliphatic heterocycles. The number of hydrogen-bond acceptors (Lipinski definition) is 3. The molecule has 1 N–H and O–H groups in total. The maximum absolute atomic E-state index is 12.4. The van der Waals surface area contributed by atoms with Crippen LogP contribution < -0.4 is 14.8 Å². The first-order valence-electron chi connectivity index (χ1n) is 10.4. The van der Waals surface area contributed by atoms with Crippen LogP contribution in [0.2, 0.25) is 0 Å². The molecule has 3 aromatic rings. The predicted molar refractivity (Wildman–Crippen MR) is 121 cm³/mol. The van der Waals surface area contributed by atoms with Crippen LogP contribution >= 0.6 is 0 Å². The first kappa shape index (κ1) is 21.4. The zero-order chi connectivity index (χ0) is 21.3. The molecule has 0 aliphatic rings. The molecule has 0 radical (unpaired) electrons. The van der Waals surface area contributed by atoms with E-state index >= 15 is 0 Å². The van der Waals surface area contributed by atoms with Crippen LogP contribution in [0, 0.1) is 0 Å². The first-order chi connectivity index (χ1) is 14.5. The van der Waals surface area contributed by atoms with Crippen LogP contribution in [-0.2, 0) is 11.2 Å². The van der Waals surface area contributed by atoms with E-state index in [-0.39, 0.29) is 5.91 Å². The largest absolute Gasteiger partial charge is 0.493 e. The Hall–Kier alpha value is -3.27. The minimum atomic E-state index is -0.600. The maximum Gasteiger partial charge on any atom is 0.265 e. The molecule has 0 saturated carbocycles. The Morgan fingerprint density at radius 3 is 2.10 bits per heavy atom. The van der Waals surface area contributed by atoms with Crippen molar-refractivity contribution in [3.63, 3.8) is 0 Å². The summed E-state index contributed by atoms with van der Waals surface area (Å²) in [5.41, 5.74) is 3.20. The van der Waals surface area contributed by atoms with Gasteiger partial charge in [0.25, 0.3) is 5.91 Å². The number of rotatable bonds is 9. The van der Waals surface area contributed by atoms with Gasteiger partial charge in [-0.2, -0.15) is 0 Å². The second kappa shape index (κ2) is 10.5. The summed E-state index contributed by atoms with van der Waals surface area (Å²) in [5, 5.41) is 2.88. The molecular weight excluding hydrogens is 374 g/mol. The Bertz CT molecular complexity index is 919. The van der Waals surface area contributed by atoms with Gasteiger partial charge in [0.1, 0.15) is 11.5 Å². The molecule has 0 aromatic heterocycles. The van der Waals surface area contributed by atoms with E-state index < -0.39 is 6.10 Å². The summed E-state index contributed by atoms with van der Waals surface area (Å²) >= 11 is 0. The van der Waals surface area contributed by atoms with Crippen molar-refractivity contribution in [3.05, 3.63) is 90.0 Å². The summed E-state index contributed by atoms with van der Waals surface area (Å²) in [5.74, 6) is 1.73. The average molecular weight is 404 g/mol.